The van der Waals surface area contributed by atoms with Crippen LogP contribution < -0.4 is 0 Å². The molecular weight excluding hydrogens is 356 g/mol. The quantitative estimate of drug-likeness (QED) is 0.380. The largest absolute Gasteiger partial charge is 0.345 e. The van der Waals surface area contributed by atoms with Gasteiger partial charge in [-0.25, -0.2) is 9.97 Å². The molecule has 0 atom stereocenters. The summed E-state index contributed by atoms with van der Waals surface area (Å²) < 4.78 is 0. The maximum Gasteiger partial charge on any atom is 0.137 e. The van der Waals surface area contributed by atoms with Crippen molar-refractivity contribution in [3.05, 3.63) is 91.4 Å². The van der Waals surface area contributed by atoms with E-state index in [4.69, 9.17) is 4.98 Å². The number of benzene rings is 3. The second-order valence-electron chi connectivity index (χ2n) is 7.09. The number of hydrogen-bond donors (Lipinski definition) is 1. The second kappa shape index (κ2) is 6.24. The van der Waals surface area contributed by atoms with Gasteiger partial charge in [0.1, 0.15) is 5.82 Å². The van der Waals surface area contributed by atoms with Crippen molar-refractivity contribution in [1.29, 1.82) is 0 Å². The number of nitrogens with zero attached hydrogens (tertiary/aromatic N) is 3. The number of fused-ring (bicyclic) bond motifs is 5. The predicted octanol–water partition coefficient (Wildman–Crippen LogP) is 5.99. The fraction of sp³-hybridized carbons (Fsp3) is 0. The molecule has 3 aromatic heterocycles. The fourth-order valence-corrected chi connectivity index (χ4v) is 3.94. The molecule has 0 radical (unpaired) electrons. The van der Waals surface area contributed by atoms with E-state index in [-0.39, 0.29) is 0 Å². The Labute approximate surface area is 166 Å². The molecule has 3 heterocycles. The minimum atomic E-state index is 0.855. The van der Waals surface area contributed by atoms with E-state index < -0.39 is 0 Å². The number of nitrogens with one attached hydrogen (secondary N) is 1. The summed E-state index contributed by atoms with van der Waals surface area (Å²) in [6.07, 6.45) is 5.44. The number of rotatable bonds is 2. The Hall–Kier alpha value is -4.05. The third-order valence-corrected chi connectivity index (χ3v) is 5.34. The van der Waals surface area contributed by atoms with Crippen LogP contribution in [0.3, 0.4) is 0 Å². The topological polar surface area (TPSA) is 54.5 Å². The molecule has 0 aliphatic heterocycles. The first kappa shape index (κ1) is 16.0. The van der Waals surface area contributed by atoms with Crippen LogP contribution in [-0.4, -0.2) is 19.9 Å². The van der Waals surface area contributed by atoms with Crippen molar-refractivity contribution in [3.8, 4) is 22.6 Å². The first-order valence-electron chi connectivity index (χ1n) is 9.54. The molecule has 0 aliphatic carbocycles. The summed E-state index contributed by atoms with van der Waals surface area (Å²) >= 11 is 0. The van der Waals surface area contributed by atoms with Crippen LogP contribution in [0.15, 0.2) is 91.4 Å². The fourth-order valence-electron chi connectivity index (χ4n) is 3.94. The van der Waals surface area contributed by atoms with Gasteiger partial charge < -0.3 is 4.98 Å². The van der Waals surface area contributed by atoms with Crippen molar-refractivity contribution in [1.82, 2.24) is 19.9 Å². The number of aromatic amines is 1. The molecule has 6 aromatic rings. The highest BCUT2D eigenvalue weighted by Gasteiger charge is 2.10. The molecule has 0 aliphatic rings. The average Bonchev–Trinajstić information content (AvgIpc) is 3.33. The van der Waals surface area contributed by atoms with Crippen LogP contribution in [0.4, 0.5) is 0 Å². The number of pyridine rings is 2. The molecule has 1 N–H and O–H groups in total. The third-order valence-electron chi connectivity index (χ3n) is 5.34. The van der Waals surface area contributed by atoms with Gasteiger partial charge in [0.2, 0.25) is 0 Å². The molecule has 0 amide bonds. The zero-order chi connectivity index (χ0) is 19.2. The number of H-pyrrole nitrogens is 1. The highest BCUT2D eigenvalue weighted by molar-refractivity contribution is 6.17. The van der Waals surface area contributed by atoms with E-state index in [0.29, 0.717) is 0 Å². The van der Waals surface area contributed by atoms with Crippen LogP contribution in [0.25, 0.3) is 55.2 Å². The Morgan fingerprint density at radius 2 is 1.41 bits per heavy atom. The van der Waals surface area contributed by atoms with Gasteiger partial charge in [0.25, 0.3) is 0 Å². The van der Waals surface area contributed by atoms with Crippen LogP contribution in [0.1, 0.15) is 0 Å². The van der Waals surface area contributed by atoms with Crippen molar-refractivity contribution in [2.75, 3.05) is 0 Å². The summed E-state index contributed by atoms with van der Waals surface area (Å²) in [6.45, 7) is 0. The summed E-state index contributed by atoms with van der Waals surface area (Å²) in [4.78, 5) is 17.3. The Morgan fingerprint density at radius 3 is 2.28 bits per heavy atom. The van der Waals surface area contributed by atoms with Gasteiger partial charge in [-0.15, -0.1) is 0 Å². The van der Waals surface area contributed by atoms with E-state index in [0.717, 1.165) is 55.2 Å². The summed E-state index contributed by atoms with van der Waals surface area (Å²) in [6, 6.07) is 25.1. The lowest BCUT2D eigenvalue weighted by atomic mass is 10.0. The first-order chi connectivity index (χ1) is 14.4. The van der Waals surface area contributed by atoms with Gasteiger partial charge in [0.05, 0.1) is 16.7 Å². The van der Waals surface area contributed by atoms with Crippen molar-refractivity contribution in [2.45, 2.75) is 0 Å². The normalized spacial score (nSPS) is 11.4. The standard InChI is InChI=1S/C25H16N4/c1-3-19(15-20(4-1)25-27-13-14-28-25)21-11-10-18-9-7-16-6-8-17-5-2-12-26-23(17)22(16)24(18)29-21/h1-15H,(H,27,28). The maximum absolute atomic E-state index is 5.08. The van der Waals surface area contributed by atoms with E-state index >= 15 is 0 Å². The van der Waals surface area contributed by atoms with E-state index in [1.165, 1.54) is 0 Å². The molecule has 0 bridgehead atoms. The van der Waals surface area contributed by atoms with E-state index in [1.807, 2.05) is 24.5 Å². The first-order valence-corrected chi connectivity index (χ1v) is 9.54. The summed E-state index contributed by atoms with van der Waals surface area (Å²) in [5.41, 5.74) is 5.01. The van der Waals surface area contributed by atoms with Crippen molar-refractivity contribution < 1.29 is 0 Å². The molecule has 0 unspecified atom stereocenters. The molecular formula is C25H16N4. The lowest BCUT2D eigenvalue weighted by Crippen LogP contribution is -1.90. The molecule has 0 saturated carbocycles. The lowest BCUT2D eigenvalue weighted by Gasteiger charge is -2.09. The maximum atomic E-state index is 5.08. The highest BCUT2D eigenvalue weighted by Crippen LogP contribution is 2.32. The third kappa shape index (κ3) is 2.57. The molecule has 29 heavy (non-hydrogen) atoms. The molecule has 0 fully saturated rings. The second-order valence-corrected chi connectivity index (χ2v) is 7.09. The Balaban J connectivity index is 1.62. The minimum absolute atomic E-state index is 0.855. The molecule has 3 aromatic carbocycles. The predicted molar refractivity (Wildman–Crippen MR) is 118 cm³/mol. The van der Waals surface area contributed by atoms with Gasteiger partial charge >= 0.3 is 0 Å². The van der Waals surface area contributed by atoms with Gasteiger partial charge in [0, 0.05) is 45.9 Å². The van der Waals surface area contributed by atoms with Crippen molar-refractivity contribution in [3.63, 3.8) is 0 Å². The summed E-state index contributed by atoms with van der Waals surface area (Å²) in [5, 5.41) is 4.49. The Bertz CT molecular complexity index is 1500. The van der Waals surface area contributed by atoms with Crippen LogP contribution in [0.5, 0.6) is 0 Å². The van der Waals surface area contributed by atoms with E-state index in [2.05, 4.69) is 75.6 Å². The highest BCUT2D eigenvalue weighted by atomic mass is 14.9. The average molecular weight is 372 g/mol. The van der Waals surface area contributed by atoms with E-state index in [9.17, 15) is 0 Å². The van der Waals surface area contributed by atoms with Gasteiger partial charge in [-0.1, -0.05) is 54.6 Å². The monoisotopic (exact) mass is 372 g/mol. The van der Waals surface area contributed by atoms with Gasteiger partial charge in [-0.05, 0) is 23.6 Å². The van der Waals surface area contributed by atoms with Gasteiger partial charge in [-0.3, -0.25) is 4.98 Å². The zero-order valence-corrected chi connectivity index (χ0v) is 15.5. The van der Waals surface area contributed by atoms with Crippen LogP contribution in [0.2, 0.25) is 0 Å². The Kier molecular flexibility index (Phi) is 3.43. The molecule has 6 rings (SSSR count). The number of hydrogen-bond acceptors (Lipinski definition) is 3. The van der Waals surface area contributed by atoms with Gasteiger partial charge in [-0.2, -0.15) is 0 Å². The molecule has 0 spiro atoms. The van der Waals surface area contributed by atoms with Crippen molar-refractivity contribution in [2.24, 2.45) is 0 Å². The van der Waals surface area contributed by atoms with Crippen LogP contribution >= 0.6 is 0 Å². The summed E-state index contributed by atoms with van der Waals surface area (Å²) in [5.74, 6) is 0.855. The lowest BCUT2D eigenvalue weighted by molar-refractivity contribution is 1.31. The molecule has 136 valence electrons. The zero-order valence-electron chi connectivity index (χ0n) is 15.5. The summed E-state index contributed by atoms with van der Waals surface area (Å²) in [7, 11) is 0. The Morgan fingerprint density at radius 1 is 0.621 bits per heavy atom. The smallest absolute Gasteiger partial charge is 0.137 e. The van der Waals surface area contributed by atoms with Crippen LogP contribution in [-0.2, 0) is 0 Å². The van der Waals surface area contributed by atoms with E-state index in [1.54, 1.807) is 6.20 Å². The van der Waals surface area contributed by atoms with Gasteiger partial charge in [0.15, 0.2) is 0 Å². The molecule has 4 heteroatoms. The van der Waals surface area contributed by atoms with Crippen molar-refractivity contribution >= 4 is 32.6 Å². The number of aromatic nitrogens is 4. The molecule has 4 nitrogen and oxygen atoms in total. The minimum Gasteiger partial charge on any atom is -0.345 e. The SMILES string of the molecule is c1cc(-c2ccc3ccc4ccc5cccnc5c4c3n2)cc(-c2ncc[nH]2)c1. The van der Waals surface area contributed by atoms with Crippen LogP contribution in [0, 0.1) is 0 Å². The molecule has 0 saturated heterocycles. The number of imidazole rings is 1.